The highest BCUT2D eigenvalue weighted by atomic mass is 32.2. The normalized spacial score (nSPS) is 18.6. The monoisotopic (exact) mass is 540 g/mol. The molecule has 38 heavy (non-hydrogen) atoms. The topological polar surface area (TPSA) is 79.3 Å². The number of alkyl halides is 3. The van der Waals surface area contributed by atoms with Crippen molar-refractivity contribution in [2.24, 2.45) is 0 Å². The summed E-state index contributed by atoms with van der Waals surface area (Å²) in [4.78, 5) is 18.1. The molecular weight excluding hydrogens is 520 g/mol. The maximum absolute atomic E-state index is 14.8. The van der Waals surface area contributed by atoms with Crippen molar-refractivity contribution in [3.63, 3.8) is 0 Å². The zero-order valence-electron chi connectivity index (χ0n) is 19.7. The van der Waals surface area contributed by atoms with E-state index >= 15 is 0 Å². The van der Waals surface area contributed by atoms with E-state index < -0.39 is 51.7 Å². The first kappa shape index (κ1) is 25.8. The zero-order chi connectivity index (χ0) is 27.1. The van der Waals surface area contributed by atoms with Crippen LogP contribution in [0.2, 0.25) is 0 Å². The number of pyridine rings is 1. The van der Waals surface area contributed by atoms with Crippen LogP contribution in [0.25, 0.3) is 6.08 Å². The third-order valence-corrected chi connectivity index (χ3v) is 7.79. The lowest BCUT2D eigenvalue weighted by atomic mass is 9.82. The molecule has 2 atom stereocenters. The molecule has 1 saturated carbocycles. The summed E-state index contributed by atoms with van der Waals surface area (Å²) in [6.07, 6.45) is -1.46. The molecule has 0 saturated heterocycles. The average molecular weight is 541 g/mol. The SMILES string of the molecule is O=C(Nc1ccc2c(c1)C=CS2=O)C(O)(C#Cc1ccccn1)CC1(c2cc(C(F)(F)F)ccc2F)CC1. The Bertz CT molecular complexity index is 1540. The minimum absolute atomic E-state index is 0.219. The Morgan fingerprint density at radius 1 is 1.13 bits per heavy atom. The van der Waals surface area contributed by atoms with Gasteiger partial charge < -0.3 is 10.4 Å². The van der Waals surface area contributed by atoms with Crippen LogP contribution in [0.3, 0.4) is 0 Å². The number of carbonyl (C=O) groups is 1. The number of hydrogen-bond donors (Lipinski definition) is 2. The van der Waals surface area contributed by atoms with Crippen molar-refractivity contribution < 1.29 is 31.7 Å². The molecule has 2 aliphatic rings. The van der Waals surface area contributed by atoms with Gasteiger partial charge in [0.05, 0.1) is 21.3 Å². The van der Waals surface area contributed by atoms with E-state index in [0.29, 0.717) is 22.2 Å². The van der Waals surface area contributed by atoms with Crippen molar-refractivity contribution in [1.82, 2.24) is 4.98 Å². The van der Waals surface area contributed by atoms with Crippen molar-refractivity contribution in [1.29, 1.82) is 0 Å². The first-order chi connectivity index (χ1) is 18.0. The van der Waals surface area contributed by atoms with E-state index in [1.165, 1.54) is 17.7 Å². The molecule has 2 unspecified atom stereocenters. The van der Waals surface area contributed by atoms with E-state index in [1.807, 2.05) is 0 Å². The van der Waals surface area contributed by atoms with Crippen LogP contribution in [0.5, 0.6) is 0 Å². The highest BCUT2D eigenvalue weighted by Gasteiger charge is 2.54. The molecular formula is C28H20F4N2O3S. The van der Waals surface area contributed by atoms with E-state index in [-0.39, 0.29) is 24.1 Å². The molecule has 194 valence electrons. The van der Waals surface area contributed by atoms with Gasteiger partial charge in [-0.25, -0.2) is 13.6 Å². The molecule has 1 aliphatic heterocycles. The second-order valence-electron chi connectivity index (χ2n) is 9.28. The quantitative estimate of drug-likeness (QED) is 0.346. The second-order valence-corrected chi connectivity index (χ2v) is 10.6. The molecule has 0 bridgehead atoms. The molecule has 0 spiro atoms. The van der Waals surface area contributed by atoms with Crippen molar-refractivity contribution in [2.45, 2.75) is 41.4 Å². The minimum atomic E-state index is -4.68. The van der Waals surface area contributed by atoms with Gasteiger partial charge in [-0.15, -0.1) is 0 Å². The molecule has 1 aliphatic carbocycles. The van der Waals surface area contributed by atoms with Crippen LogP contribution in [0, 0.1) is 17.7 Å². The summed E-state index contributed by atoms with van der Waals surface area (Å²) in [5.41, 5.74) is -3.65. The van der Waals surface area contributed by atoms with Crippen LogP contribution in [0.15, 0.2) is 71.1 Å². The second kappa shape index (κ2) is 9.49. The summed E-state index contributed by atoms with van der Waals surface area (Å²) in [6.45, 7) is 0. The van der Waals surface area contributed by atoms with Crippen molar-refractivity contribution in [3.8, 4) is 11.8 Å². The Balaban J connectivity index is 1.50. The number of rotatable bonds is 5. The number of nitrogens with one attached hydrogen (secondary N) is 1. The smallest absolute Gasteiger partial charge is 0.369 e. The van der Waals surface area contributed by atoms with Gasteiger partial charge in [-0.05, 0) is 84.5 Å². The Kier molecular flexibility index (Phi) is 6.45. The fraction of sp³-hybridized carbons (Fsp3) is 0.214. The number of amides is 1. The molecule has 5 nitrogen and oxygen atoms in total. The Morgan fingerprint density at radius 3 is 2.61 bits per heavy atom. The molecule has 10 heteroatoms. The summed E-state index contributed by atoms with van der Waals surface area (Å²) in [6, 6.07) is 11.7. The van der Waals surface area contributed by atoms with Crippen LogP contribution < -0.4 is 5.32 Å². The number of aromatic nitrogens is 1. The van der Waals surface area contributed by atoms with Crippen molar-refractivity contribution in [3.05, 3.63) is 94.4 Å². The van der Waals surface area contributed by atoms with Gasteiger partial charge in [0.1, 0.15) is 11.5 Å². The third kappa shape index (κ3) is 5.12. The molecule has 0 radical (unpaired) electrons. The van der Waals surface area contributed by atoms with Crippen LogP contribution in [0.4, 0.5) is 23.2 Å². The van der Waals surface area contributed by atoms with Crippen LogP contribution in [0.1, 0.15) is 41.6 Å². The number of anilines is 1. The van der Waals surface area contributed by atoms with Crippen LogP contribution >= 0.6 is 0 Å². The number of carbonyl (C=O) groups excluding carboxylic acids is 1. The zero-order valence-corrected chi connectivity index (χ0v) is 20.5. The number of nitrogens with zero attached hydrogens (tertiary/aromatic N) is 1. The molecule has 5 rings (SSSR count). The van der Waals surface area contributed by atoms with Gasteiger partial charge >= 0.3 is 6.18 Å². The first-order valence-corrected chi connectivity index (χ1v) is 12.8. The molecule has 2 heterocycles. The number of hydrogen-bond acceptors (Lipinski definition) is 4. The predicted octanol–water partition coefficient (Wildman–Crippen LogP) is 5.17. The maximum Gasteiger partial charge on any atom is 0.416 e. The summed E-state index contributed by atoms with van der Waals surface area (Å²) in [5, 5.41) is 15.7. The first-order valence-electron chi connectivity index (χ1n) is 11.6. The maximum atomic E-state index is 14.8. The fourth-order valence-electron chi connectivity index (χ4n) is 4.46. The van der Waals surface area contributed by atoms with Crippen molar-refractivity contribution >= 4 is 28.5 Å². The number of benzene rings is 2. The molecule has 1 aromatic heterocycles. The third-order valence-electron chi connectivity index (χ3n) is 6.61. The summed E-state index contributed by atoms with van der Waals surface area (Å²) in [7, 11) is -1.28. The van der Waals surface area contributed by atoms with Gasteiger partial charge in [-0.2, -0.15) is 13.2 Å². The molecule has 3 aromatic rings. The predicted molar refractivity (Wildman–Crippen MR) is 134 cm³/mol. The Morgan fingerprint density at radius 2 is 1.92 bits per heavy atom. The lowest BCUT2D eigenvalue weighted by Crippen LogP contribution is -2.44. The fourth-order valence-corrected chi connectivity index (χ4v) is 5.44. The van der Waals surface area contributed by atoms with Gasteiger partial charge in [-0.3, -0.25) is 4.79 Å². The van der Waals surface area contributed by atoms with Gasteiger partial charge in [0.25, 0.3) is 5.91 Å². The summed E-state index contributed by atoms with van der Waals surface area (Å²) in [5.74, 6) is 3.42. The van der Waals surface area contributed by atoms with Gasteiger partial charge in [0, 0.05) is 29.1 Å². The Hall–Kier alpha value is -3.81. The molecule has 2 aromatic carbocycles. The van der Waals surface area contributed by atoms with E-state index in [1.54, 1.807) is 36.4 Å². The van der Waals surface area contributed by atoms with Crippen molar-refractivity contribution in [2.75, 3.05) is 5.32 Å². The van der Waals surface area contributed by atoms with Gasteiger partial charge in [-0.1, -0.05) is 12.0 Å². The van der Waals surface area contributed by atoms with E-state index in [9.17, 15) is 31.7 Å². The summed E-state index contributed by atoms with van der Waals surface area (Å²) < 4.78 is 66.8. The molecule has 1 amide bonds. The van der Waals surface area contributed by atoms with Crippen LogP contribution in [-0.4, -0.2) is 25.8 Å². The standard InChI is InChI=1S/C28H20F4N2O3S/c29-23-6-4-19(28(30,31)32)16-22(23)26(11-12-26)17-27(36,10-8-20-3-1-2-13-33-20)25(35)34-21-5-7-24-18(15-21)9-14-38(24)37/h1-7,9,13-16,36H,11-12,17H2,(H,34,35). The number of fused-ring (bicyclic) bond motifs is 1. The lowest BCUT2D eigenvalue weighted by Gasteiger charge is -2.28. The van der Waals surface area contributed by atoms with E-state index in [2.05, 4.69) is 22.1 Å². The largest absolute Gasteiger partial charge is 0.416 e. The highest BCUT2D eigenvalue weighted by molar-refractivity contribution is 7.88. The highest BCUT2D eigenvalue weighted by Crippen LogP contribution is 2.55. The van der Waals surface area contributed by atoms with Crippen LogP contribution in [-0.2, 0) is 27.2 Å². The van der Waals surface area contributed by atoms with Gasteiger partial charge in [0.2, 0.25) is 5.60 Å². The van der Waals surface area contributed by atoms with E-state index in [4.69, 9.17) is 0 Å². The molecule has 1 fully saturated rings. The number of aliphatic hydroxyl groups is 1. The molecule has 2 N–H and O–H groups in total. The minimum Gasteiger partial charge on any atom is -0.369 e. The number of halogens is 4. The van der Waals surface area contributed by atoms with E-state index in [0.717, 1.165) is 12.1 Å². The lowest BCUT2D eigenvalue weighted by molar-refractivity contribution is -0.137. The average Bonchev–Trinajstić information content (AvgIpc) is 3.56. The Labute approximate surface area is 218 Å². The summed E-state index contributed by atoms with van der Waals surface area (Å²) >= 11 is 0. The van der Waals surface area contributed by atoms with Gasteiger partial charge in [0.15, 0.2) is 0 Å².